The second-order valence-corrected chi connectivity index (χ2v) is 14.3. The molecular weight excluding hydrogens is 358 g/mol. The van der Waals surface area contributed by atoms with Gasteiger partial charge in [-0.1, -0.05) is 0 Å². The van der Waals surface area contributed by atoms with Gasteiger partial charge in [0.1, 0.15) is 0 Å². The fourth-order valence-corrected chi connectivity index (χ4v) is 10.7. The first-order valence-corrected chi connectivity index (χ1v) is 11.1. The Bertz CT molecular complexity index is 284. The summed E-state index contributed by atoms with van der Waals surface area (Å²) >= 11 is -1.77. The summed E-state index contributed by atoms with van der Waals surface area (Å²) in [4.78, 5) is 2.29. The third-order valence-corrected chi connectivity index (χ3v) is 13.0. The molecule has 0 saturated carbocycles. The van der Waals surface area contributed by atoms with Gasteiger partial charge in [0.25, 0.3) is 0 Å². The molecule has 1 fully saturated rings. The van der Waals surface area contributed by atoms with Crippen LogP contribution in [0.3, 0.4) is 0 Å². The van der Waals surface area contributed by atoms with Crippen LogP contribution in [-0.4, -0.2) is 93.5 Å². The maximum absolute atomic E-state index is 2.82. The summed E-state index contributed by atoms with van der Waals surface area (Å²) in [5.41, 5.74) is 0.574. The molecule has 0 amide bonds. The van der Waals surface area contributed by atoms with E-state index in [9.17, 15) is 0 Å². The van der Waals surface area contributed by atoms with E-state index in [0.29, 0.717) is 0 Å². The molecule has 0 aliphatic carbocycles. The Balaban J connectivity index is 2.90. The van der Waals surface area contributed by atoms with E-state index in [0.717, 1.165) is 6.54 Å². The van der Waals surface area contributed by atoms with Crippen LogP contribution in [0.1, 0.15) is 41.5 Å². The standard InChI is InChI=1S/C10H22N2.C5H13N2.Sb/c1-9(2,3)11-7-8-12-10(4,5)6;1-6-4-5-7(2)3;/h7-8H2,1-6H3;4-5H2,1-3H3;/q-2;-1;+4. The molecule has 0 atom stereocenters. The number of hydrogen-bond donors (Lipinski definition) is 0. The van der Waals surface area contributed by atoms with Crippen molar-refractivity contribution in [1.29, 1.82) is 0 Å². The van der Waals surface area contributed by atoms with Gasteiger partial charge in [0.15, 0.2) is 0 Å². The summed E-state index contributed by atoms with van der Waals surface area (Å²) in [7, 11) is 6.67. The number of rotatable bonds is 4. The van der Waals surface area contributed by atoms with Gasteiger partial charge in [-0.15, -0.1) is 0 Å². The van der Waals surface area contributed by atoms with Gasteiger partial charge < -0.3 is 0 Å². The van der Waals surface area contributed by atoms with Crippen molar-refractivity contribution in [3.8, 4) is 0 Å². The van der Waals surface area contributed by atoms with Crippen molar-refractivity contribution in [2.75, 3.05) is 47.3 Å². The molecule has 1 heterocycles. The first-order chi connectivity index (χ1) is 8.94. The third kappa shape index (κ3) is 4.84. The van der Waals surface area contributed by atoms with Crippen molar-refractivity contribution in [2.45, 2.75) is 52.6 Å². The molecule has 119 valence electrons. The van der Waals surface area contributed by atoms with E-state index < -0.39 is 21.0 Å². The molecule has 0 N–H and O–H groups in total. The summed E-state index contributed by atoms with van der Waals surface area (Å²) in [5, 5.41) is 0. The molecule has 0 bridgehead atoms. The Morgan fingerprint density at radius 1 is 0.800 bits per heavy atom. The van der Waals surface area contributed by atoms with Crippen molar-refractivity contribution in [2.24, 2.45) is 0 Å². The molecule has 0 unspecified atom stereocenters. The molecule has 1 aliphatic heterocycles. The van der Waals surface area contributed by atoms with Gasteiger partial charge in [-0.05, 0) is 0 Å². The van der Waals surface area contributed by atoms with Crippen LogP contribution < -0.4 is 0 Å². The quantitative estimate of drug-likeness (QED) is 0.674. The number of nitrogens with zero attached hydrogens (tertiary/aromatic N) is 4. The summed E-state index contributed by atoms with van der Waals surface area (Å²) in [6, 6.07) is 0. The molecule has 1 saturated heterocycles. The molecular formula is C15H35N4Sb+. The summed E-state index contributed by atoms with van der Waals surface area (Å²) in [6.45, 7) is 19.0. The van der Waals surface area contributed by atoms with E-state index in [1.807, 2.05) is 0 Å². The monoisotopic (exact) mass is 392 g/mol. The van der Waals surface area contributed by atoms with Gasteiger partial charge >= 0.3 is 135 Å². The van der Waals surface area contributed by atoms with Gasteiger partial charge in [0.2, 0.25) is 0 Å². The van der Waals surface area contributed by atoms with Gasteiger partial charge in [-0.25, -0.2) is 0 Å². The second kappa shape index (κ2) is 6.83. The van der Waals surface area contributed by atoms with Gasteiger partial charge in [0, 0.05) is 0 Å². The molecule has 4 nitrogen and oxygen atoms in total. The fraction of sp³-hybridized carbons (Fsp3) is 1.00. The van der Waals surface area contributed by atoms with Crippen LogP contribution in [0.5, 0.6) is 0 Å². The van der Waals surface area contributed by atoms with Gasteiger partial charge in [0.05, 0.1) is 0 Å². The third-order valence-electron chi connectivity index (χ3n) is 3.68. The zero-order valence-electron chi connectivity index (χ0n) is 15.1. The second-order valence-electron chi connectivity index (χ2n) is 8.04. The summed E-state index contributed by atoms with van der Waals surface area (Å²) in [5.74, 6) is 0. The molecule has 5 heteroatoms. The van der Waals surface area contributed by atoms with E-state index in [2.05, 4.69) is 76.8 Å². The van der Waals surface area contributed by atoms with E-state index in [1.165, 1.54) is 19.6 Å². The SMILES string of the molecule is CN(C)CC[N](C)[Sb+]1[N](C(C)(C)C)CC[N]1C(C)(C)C. The van der Waals surface area contributed by atoms with Crippen LogP contribution in [0.2, 0.25) is 0 Å². The Labute approximate surface area is 135 Å². The zero-order chi connectivity index (χ0) is 15.7. The predicted molar refractivity (Wildman–Crippen MR) is 89.9 cm³/mol. The van der Waals surface area contributed by atoms with E-state index in [-0.39, 0.29) is 11.1 Å². The topological polar surface area (TPSA) is 13.0 Å². The summed E-state index contributed by atoms with van der Waals surface area (Å²) in [6.07, 6.45) is 0. The normalized spacial score (nSPS) is 20.6. The van der Waals surface area contributed by atoms with E-state index in [1.54, 1.807) is 0 Å². The van der Waals surface area contributed by atoms with Gasteiger partial charge in [-0.3, -0.25) is 0 Å². The minimum atomic E-state index is -1.77. The molecule has 20 heavy (non-hydrogen) atoms. The van der Waals surface area contributed by atoms with Crippen LogP contribution in [-0.2, 0) is 0 Å². The van der Waals surface area contributed by atoms with E-state index >= 15 is 0 Å². The van der Waals surface area contributed by atoms with Crippen LogP contribution in [0.15, 0.2) is 0 Å². The molecule has 1 rings (SSSR count). The Morgan fingerprint density at radius 2 is 1.20 bits per heavy atom. The van der Waals surface area contributed by atoms with Crippen LogP contribution in [0, 0.1) is 0 Å². The summed E-state index contributed by atoms with van der Waals surface area (Å²) < 4.78 is 8.32. The maximum atomic E-state index is 2.82. The fourth-order valence-electron chi connectivity index (χ4n) is 2.51. The van der Waals surface area contributed by atoms with Crippen LogP contribution in [0.4, 0.5) is 0 Å². The van der Waals surface area contributed by atoms with Crippen molar-refractivity contribution < 1.29 is 0 Å². The average Bonchev–Trinajstić information content (AvgIpc) is 2.69. The molecule has 0 aromatic heterocycles. The van der Waals surface area contributed by atoms with E-state index in [4.69, 9.17) is 0 Å². The predicted octanol–water partition coefficient (Wildman–Crippen LogP) is 1.68. The van der Waals surface area contributed by atoms with Crippen LogP contribution >= 0.6 is 0 Å². The first kappa shape index (κ1) is 18.7. The van der Waals surface area contributed by atoms with Crippen molar-refractivity contribution in [3.63, 3.8) is 0 Å². The van der Waals surface area contributed by atoms with Crippen LogP contribution in [0.25, 0.3) is 0 Å². The Kier molecular flexibility index (Phi) is 6.39. The Morgan fingerprint density at radius 3 is 1.50 bits per heavy atom. The number of hydrogen-bond acceptors (Lipinski definition) is 4. The number of likely N-dealkylation sites (N-methyl/N-ethyl adjacent to an activating group) is 2. The molecule has 1 radical (unpaired) electrons. The van der Waals surface area contributed by atoms with Gasteiger partial charge in [-0.2, -0.15) is 0 Å². The van der Waals surface area contributed by atoms with Crippen molar-refractivity contribution >= 4 is 21.0 Å². The molecule has 0 aromatic rings. The molecule has 0 spiro atoms. The zero-order valence-corrected chi connectivity index (χ0v) is 17.6. The molecule has 1 aliphatic rings. The van der Waals surface area contributed by atoms with Crippen molar-refractivity contribution in [3.05, 3.63) is 0 Å². The minimum absolute atomic E-state index is 0.287. The molecule has 0 aromatic carbocycles. The van der Waals surface area contributed by atoms with Crippen molar-refractivity contribution in [1.82, 2.24) is 14.1 Å². The first-order valence-electron chi connectivity index (χ1n) is 7.65. The Hall–Kier alpha value is 0.658. The average molecular weight is 393 g/mol.